The molecule has 0 heterocycles. The topological polar surface area (TPSA) is 84.5 Å². The number of benzene rings is 2. The monoisotopic (exact) mass is 390 g/mol. The van der Waals surface area contributed by atoms with E-state index in [0.717, 1.165) is 11.3 Å². The fourth-order valence-corrected chi connectivity index (χ4v) is 3.59. The number of carbonyl (C=O) groups excluding carboxylic acids is 1. The van der Waals surface area contributed by atoms with Crippen molar-refractivity contribution in [1.29, 1.82) is 0 Å². The number of ether oxygens (including phenoxy) is 1. The molecule has 0 radical (unpaired) electrons. The van der Waals surface area contributed by atoms with Crippen LogP contribution in [0, 0.1) is 0 Å². The molecule has 6 nitrogen and oxygen atoms in total. The molecule has 2 rings (SSSR count). The van der Waals surface area contributed by atoms with Crippen LogP contribution < -0.4 is 14.8 Å². The Morgan fingerprint density at radius 2 is 1.74 bits per heavy atom. The van der Waals surface area contributed by atoms with Gasteiger partial charge in [0.2, 0.25) is 10.0 Å². The molecule has 2 aromatic rings. The molecule has 0 aromatic heterocycles. The molecule has 7 heteroatoms. The summed E-state index contributed by atoms with van der Waals surface area (Å²) in [6.45, 7) is 7.82. The zero-order valence-electron chi connectivity index (χ0n) is 16.0. The summed E-state index contributed by atoms with van der Waals surface area (Å²) < 4.78 is 32.0. The lowest BCUT2D eigenvalue weighted by Crippen LogP contribution is -2.27. The van der Waals surface area contributed by atoms with E-state index < -0.39 is 10.0 Å². The van der Waals surface area contributed by atoms with E-state index in [9.17, 15) is 13.2 Å². The molecule has 0 bridgehead atoms. The van der Waals surface area contributed by atoms with E-state index in [1.54, 1.807) is 6.92 Å². The third kappa shape index (κ3) is 5.80. The summed E-state index contributed by atoms with van der Waals surface area (Å²) in [4.78, 5) is 12.6. The van der Waals surface area contributed by atoms with E-state index in [1.165, 1.54) is 24.3 Å². The zero-order valence-corrected chi connectivity index (χ0v) is 16.8. The maximum atomic E-state index is 12.5. The second-order valence-corrected chi connectivity index (χ2v) is 8.23. The van der Waals surface area contributed by atoms with Crippen molar-refractivity contribution in [2.45, 2.75) is 44.7 Å². The lowest BCUT2D eigenvalue weighted by Gasteiger charge is -2.17. The van der Waals surface area contributed by atoms with Crippen molar-refractivity contribution < 1.29 is 17.9 Å². The minimum Gasteiger partial charge on any atom is -0.491 e. The van der Waals surface area contributed by atoms with Gasteiger partial charge in [0.05, 0.1) is 17.0 Å². The van der Waals surface area contributed by atoms with Crippen LogP contribution in [0.2, 0.25) is 0 Å². The maximum absolute atomic E-state index is 12.5. The lowest BCUT2D eigenvalue weighted by atomic mass is 10.1. The maximum Gasteiger partial charge on any atom is 0.251 e. The van der Waals surface area contributed by atoms with E-state index in [1.807, 2.05) is 45.0 Å². The summed E-state index contributed by atoms with van der Waals surface area (Å²) in [5, 5.41) is 2.92. The molecule has 1 atom stereocenters. The molecule has 2 aromatic carbocycles. The van der Waals surface area contributed by atoms with Crippen LogP contribution in [0.1, 0.15) is 49.7 Å². The van der Waals surface area contributed by atoms with Crippen LogP contribution in [0.4, 0.5) is 0 Å². The first-order valence-corrected chi connectivity index (χ1v) is 10.4. The van der Waals surface area contributed by atoms with Crippen LogP contribution in [-0.2, 0) is 10.0 Å². The Kier molecular flexibility index (Phi) is 6.98. The molecule has 0 aliphatic carbocycles. The largest absolute Gasteiger partial charge is 0.491 e. The summed E-state index contributed by atoms with van der Waals surface area (Å²) in [5.41, 5.74) is 1.32. The molecule has 2 N–H and O–H groups in total. The number of nitrogens with one attached hydrogen (secondary N) is 2. The highest BCUT2D eigenvalue weighted by atomic mass is 32.2. The molecule has 0 saturated heterocycles. The molecular formula is C20H26N2O4S. The highest BCUT2D eigenvalue weighted by Crippen LogP contribution is 2.20. The number of hydrogen-bond donors (Lipinski definition) is 2. The standard InChI is InChI=1S/C20H26N2O4S/c1-5-21-27(24,25)19-11-9-16(10-12-19)20(23)22-15(4)17-7-6-8-18(13-17)26-14(2)3/h6-15,21H,5H2,1-4H3,(H,22,23). The molecule has 27 heavy (non-hydrogen) atoms. The smallest absolute Gasteiger partial charge is 0.251 e. The predicted molar refractivity (Wildman–Crippen MR) is 105 cm³/mol. The first-order valence-electron chi connectivity index (χ1n) is 8.90. The van der Waals surface area contributed by atoms with Gasteiger partial charge in [-0.25, -0.2) is 13.1 Å². The molecule has 0 aliphatic heterocycles. The van der Waals surface area contributed by atoms with E-state index in [0.29, 0.717) is 12.1 Å². The van der Waals surface area contributed by atoms with Crippen molar-refractivity contribution in [2.24, 2.45) is 0 Å². The Balaban J connectivity index is 2.08. The van der Waals surface area contributed by atoms with Gasteiger partial charge in [-0.3, -0.25) is 4.79 Å². The van der Waals surface area contributed by atoms with Gasteiger partial charge in [-0.1, -0.05) is 19.1 Å². The Morgan fingerprint density at radius 3 is 2.33 bits per heavy atom. The van der Waals surface area contributed by atoms with Crippen molar-refractivity contribution in [2.75, 3.05) is 6.54 Å². The number of hydrogen-bond acceptors (Lipinski definition) is 4. The van der Waals surface area contributed by atoms with E-state index in [-0.39, 0.29) is 22.9 Å². The van der Waals surface area contributed by atoms with Gasteiger partial charge in [-0.15, -0.1) is 0 Å². The SMILES string of the molecule is CCNS(=O)(=O)c1ccc(C(=O)NC(C)c2cccc(OC(C)C)c2)cc1. The molecule has 1 unspecified atom stereocenters. The first kappa shape index (κ1) is 20.9. The van der Waals surface area contributed by atoms with Crippen LogP contribution in [0.3, 0.4) is 0 Å². The highest BCUT2D eigenvalue weighted by Gasteiger charge is 2.15. The quantitative estimate of drug-likeness (QED) is 0.725. The molecule has 0 spiro atoms. The summed E-state index contributed by atoms with van der Waals surface area (Å²) >= 11 is 0. The highest BCUT2D eigenvalue weighted by molar-refractivity contribution is 7.89. The second kappa shape index (κ2) is 9.01. The average molecular weight is 391 g/mol. The normalized spacial score (nSPS) is 12.6. The van der Waals surface area contributed by atoms with Gasteiger partial charge in [0.15, 0.2) is 0 Å². The van der Waals surface area contributed by atoms with Gasteiger partial charge >= 0.3 is 0 Å². The van der Waals surface area contributed by atoms with Gasteiger partial charge in [0.1, 0.15) is 5.75 Å². The molecule has 1 amide bonds. The van der Waals surface area contributed by atoms with E-state index in [2.05, 4.69) is 10.0 Å². The van der Waals surface area contributed by atoms with E-state index in [4.69, 9.17) is 4.74 Å². The van der Waals surface area contributed by atoms with Gasteiger partial charge in [0, 0.05) is 12.1 Å². The van der Waals surface area contributed by atoms with Crippen molar-refractivity contribution >= 4 is 15.9 Å². The van der Waals surface area contributed by atoms with Crippen LogP contribution in [-0.4, -0.2) is 27.0 Å². The first-order chi connectivity index (χ1) is 12.7. The Morgan fingerprint density at radius 1 is 1.07 bits per heavy atom. The number of sulfonamides is 1. The molecule has 0 fully saturated rings. The summed E-state index contributed by atoms with van der Waals surface area (Å²) in [5.74, 6) is 0.478. The summed E-state index contributed by atoms with van der Waals surface area (Å²) in [6.07, 6.45) is 0.0714. The number of carbonyl (C=O) groups is 1. The molecule has 0 aliphatic rings. The Labute approximate surface area is 161 Å². The number of rotatable bonds is 8. The van der Waals surface area contributed by atoms with Crippen molar-refractivity contribution in [3.05, 3.63) is 59.7 Å². The van der Waals surface area contributed by atoms with Crippen molar-refractivity contribution in [3.8, 4) is 5.75 Å². The molecular weight excluding hydrogens is 364 g/mol. The second-order valence-electron chi connectivity index (χ2n) is 6.46. The van der Waals surface area contributed by atoms with Gasteiger partial charge < -0.3 is 10.1 Å². The zero-order chi connectivity index (χ0) is 20.0. The summed E-state index contributed by atoms with van der Waals surface area (Å²) in [7, 11) is -3.53. The minimum absolute atomic E-state index is 0.0714. The predicted octanol–water partition coefficient (Wildman–Crippen LogP) is 3.26. The average Bonchev–Trinajstić information content (AvgIpc) is 2.61. The van der Waals surface area contributed by atoms with Crippen LogP contribution >= 0.6 is 0 Å². The van der Waals surface area contributed by atoms with Crippen molar-refractivity contribution in [1.82, 2.24) is 10.0 Å². The van der Waals surface area contributed by atoms with Crippen LogP contribution in [0.25, 0.3) is 0 Å². The molecule has 0 saturated carbocycles. The Hall–Kier alpha value is -2.38. The third-order valence-electron chi connectivity index (χ3n) is 3.84. The van der Waals surface area contributed by atoms with Crippen LogP contribution in [0.5, 0.6) is 5.75 Å². The molecule has 146 valence electrons. The fraction of sp³-hybridized carbons (Fsp3) is 0.350. The number of amides is 1. The fourth-order valence-electron chi connectivity index (χ4n) is 2.55. The third-order valence-corrected chi connectivity index (χ3v) is 5.40. The van der Waals surface area contributed by atoms with Gasteiger partial charge in [-0.05, 0) is 62.7 Å². The van der Waals surface area contributed by atoms with E-state index >= 15 is 0 Å². The minimum atomic E-state index is -3.53. The van der Waals surface area contributed by atoms with Gasteiger partial charge in [0.25, 0.3) is 5.91 Å². The summed E-state index contributed by atoms with van der Waals surface area (Å²) in [6, 6.07) is 13.2. The van der Waals surface area contributed by atoms with Gasteiger partial charge in [-0.2, -0.15) is 0 Å². The van der Waals surface area contributed by atoms with Crippen LogP contribution in [0.15, 0.2) is 53.4 Å². The Bertz CT molecular complexity index is 877. The van der Waals surface area contributed by atoms with Crippen molar-refractivity contribution in [3.63, 3.8) is 0 Å². The lowest BCUT2D eigenvalue weighted by molar-refractivity contribution is 0.0939.